The van der Waals surface area contributed by atoms with Gasteiger partial charge in [0.05, 0.1) is 12.1 Å². The van der Waals surface area contributed by atoms with Gasteiger partial charge in [0.2, 0.25) is 11.8 Å². The van der Waals surface area contributed by atoms with Crippen molar-refractivity contribution in [3.8, 4) is 0 Å². The maximum atomic E-state index is 14.0. The third-order valence-electron chi connectivity index (χ3n) is 8.48. The lowest BCUT2D eigenvalue weighted by Crippen LogP contribution is -2.58. The quantitative estimate of drug-likeness (QED) is 0.449. The molecule has 0 bridgehead atoms. The van der Waals surface area contributed by atoms with Crippen LogP contribution in [0.3, 0.4) is 0 Å². The highest BCUT2D eigenvalue weighted by Gasteiger charge is 2.49. The molecule has 3 aliphatic rings. The van der Waals surface area contributed by atoms with Gasteiger partial charge < -0.3 is 25.3 Å². The lowest BCUT2D eigenvalue weighted by Gasteiger charge is -2.38. The molecule has 1 aromatic heterocycles. The molecule has 5 atom stereocenters. The second-order valence-corrected chi connectivity index (χ2v) is 10.7. The second kappa shape index (κ2) is 9.91. The largest absolute Gasteiger partial charge is 0.376 e. The van der Waals surface area contributed by atoms with Crippen LogP contribution in [-0.4, -0.2) is 58.9 Å². The minimum Gasteiger partial charge on any atom is -0.376 e. The van der Waals surface area contributed by atoms with E-state index in [1.54, 1.807) is 4.90 Å². The van der Waals surface area contributed by atoms with E-state index in [0.29, 0.717) is 18.5 Å². The van der Waals surface area contributed by atoms with E-state index in [2.05, 4.69) is 21.7 Å². The summed E-state index contributed by atoms with van der Waals surface area (Å²) in [7, 11) is 0. The summed E-state index contributed by atoms with van der Waals surface area (Å²) in [6, 6.07) is 13.8. The standard InChI is InChI=1S/C30H34N4O4/c1-3-17(2)25(29(36)31-16-18-9-8-14-38-18)33-28(35)24-15-22-19-10-6-7-13-23(19)32-26(22)27-20-11-4-5-12-21(20)30(37)34(24)27/h4-7,10-13,17-18,24-25,27,32H,3,8-9,14-16H2,1-2H3,(H,31,36)(H,33,35)/t17-,18-,24+,25+,27+/m1/s1. The van der Waals surface area contributed by atoms with E-state index in [1.165, 1.54) is 0 Å². The molecule has 1 saturated heterocycles. The van der Waals surface area contributed by atoms with E-state index >= 15 is 0 Å². The number of aromatic amines is 1. The average Bonchev–Trinajstić information content (AvgIpc) is 3.66. The molecule has 8 nitrogen and oxygen atoms in total. The van der Waals surface area contributed by atoms with Gasteiger partial charge in [0.25, 0.3) is 5.91 Å². The predicted molar refractivity (Wildman–Crippen MR) is 144 cm³/mol. The van der Waals surface area contributed by atoms with Crippen LogP contribution in [0.15, 0.2) is 48.5 Å². The molecule has 3 aromatic rings. The third kappa shape index (κ3) is 4.07. The molecule has 198 valence electrons. The SMILES string of the molecule is CC[C@@H](C)[C@H](NC(=O)[C@@H]1Cc2c([nH]c3ccccc23)[C@@H]2c3ccccc3C(=O)N21)C(=O)NC[C@H]1CCCO1. The summed E-state index contributed by atoms with van der Waals surface area (Å²) in [6.45, 7) is 5.13. The molecule has 2 aromatic carbocycles. The number of carbonyl (C=O) groups excluding carboxylic acids is 3. The number of nitrogens with zero attached hydrogens (tertiary/aromatic N) is 1. The van der Waals surface area contributed by atoms with Gasteiger partial charge in [-0.15, -0.1) is 0 Å². The Kier molecular flexibility index (Phi) is 6.43. The molecule has 1 fully saturated rings. The van der Waals surface area contributed by atoms with E-state index in [-0.39, 0.29) is 35.8 Å². The smallest absolute Gasteiger partial charge is 0.255 e. The Hall–Kier alpha value is -3.65. The maximum Gasteiger partial charge on any atom is 0.255 e. The van der Waals surface area contributed by atoms with Crippen LogP contribution < -0.4 is 10.6 Å². The van der Waals surface area contributed by atoms with Gasteiger partial charge in [0.15, 0.2) is 0 Å². The van der Waals surface area contributed by atoms with Crippen molar-refractivity contribution in [3.63, 3.8) is 0 Å². The molecule has 0 saturated carbocycles. The van der Waals surface area contributed by atoms with Gasteiger partial charge in [-0.2, -0.15) is 0 Å². The number of hydrogen-bond donors (Lipinski definition) is 3. The first kappa shape index (κ1) is 24.7. The van der Waals surface area contributed by atoms with Crippen LogP contribution in [0, 0.1) is 5.92 Å². The van der Waals surface area contributed by atoms with Crippen LogP contribution in [0.5, 0.6) is 0 Å². The number of ether oxygens (including phenoxy) is 1. The molecule has 8 heteroatoms. The van der Waals surface area contributed by atoms with Crippen LogP contribution in [0.25, 0.3) is 10.9 Å². The third-order valence-corrected chi connectivity index (χ3v) is 8.48. The van der Waals surface area contributed by atoms with Crippen LogP contribution >= 0.6 is 0 Å². The molecule has 38 heavy (non-hydrogen) atoms. The van der Waals surface area contributed by atoms with Crippen molar-refractivity contribution in [2.75, 3.05) is 13.2 Å². The minimum atomic E-state index is -0.732. The van der Waals surface area contributed by atoms with Crippen molar-refractivity contribution in [3.05, 3.63) is 70.9 Å². The first-order valence-electron chi connectivity index (χ1n) is 13.7. The maximum absolute atomic E-state index is 14.0. The monoisotopic (exact) mass is 514 g/mol. The number of fused-ring (bicyclic) bond motifs is 7. The first-order chi connectivity index (χ1) is 18.5. The molecule has 6 rings (SSSR count). The van der Waals surface area contributed by atoms with E-state index < -0.39 is 12.1 Å². The van der Waals surface area contributed by atoms with Crippen molar-refractivity contribution >= 4 is 28.6 Å². The predicted octanol–water partition coefficient (Wildman–Crippen LogP) is 3.46. The number of aromatic nitrogens is 1. The summed E-state index contributed by atoms with van der Waals surface area (Å²) in [5, 5.41) is 7.10. The van der Waals surface area contributed by atoms with Crippen LogP contribution in [0.2, 0.25) is 0 Å². The first-order valence-corrected chi connectivity index (χ1v) is 13.7. The van der Waals surface area contributed by atoms with Crippen LogP contribution in [-0.2, 0) is 20.7 Å². The average molecular weight is 515 g/mol. The van der Waals surface area contributed by atoms with Gasteiger partial charge in [0.1, 0.15) is 12.1 Å². The zero-order chi connectivity index (χ0) is 26.4. The van der Waals surface area contributed by atoms with Gasteiger partial charge in [-0.1, -0.05) is 56.7 Å². The highest BCUT2D eigenvalue weighted by molar-refractivity contribution is 6.04. The number of nitrogens with one attached hydrogen (secondary N) is 3. The Balaban J connectivity index is 1.32. The molecule has 3 amide bonds. The molecule has 0 spiro atoms. The van der Waals surface area contributed by atoms with Crippen molar-refractivity contribution in [1.82, 2.24) is 20.5 Å². The number of para-hydroxylation sites is 1. The summed E-state index contributed by atoms with van der Waals surface area (Å²) in [5.41, 5.74) is 4.52. The number of hydrogen-bond acceptors (Lipinski definition) is 4. The number of H-pyrrole nitrogens is 1. The second-order valence-electron chi connectivity index (χ2n) is 10.7. The molecular formula is C30H34N4O4. The van der Waals surface area contributed by atoms with E-state index in [9.17, 15) is 14.4 Å². The number of carbonyl (C=O) groups is 3. The Morgan fingerprint density at radius 2 is 1.95 bits per heavy atom. The zero-order valence-electron chi connectivity index (χ0n) is 21.8. The van der Waals surface area contributed by atoms with Crippen molar-refractivity contribution < 1.29 is 19.1 Å². The normalized spacial score (nSPS) is 23.5. The van der Waals surface area contributed by atoms with Crippen molar-refractivity contribution in [1.29, 1.82) is 0 Å². The van der Waals surface area contributed by atoms with E-state index in [0.717, 1.165) is 53.6 Å². The Morgan fingerprint density at radius 1 is 1.16 bits per heavy atom. The molecule has 0 unspecified atom stereocenters. The highest BCUT2D eigenvalue weighted by atomic mass is 16.5. The fourth-order valence-electron chi connectivity index (χ4n) is 6.22. The summed E-state index contributed by atoms with van der Waals surface area (Å²) in [6.07, 6.45) is 3.05. The van der Waals surface area contributed by atoms with Crippen LogP contribution in [0.4, 0.5) is 0 Å². The summed E-state index contributed by atoms with van der Waals surface area (Å²) < 4.78 is 5.65. The van der Waals surface area contributed by atoms with E-state index in [1.807, 2.05) is 56.3 Å². The Morgan fingerprint density at radius 3 is 2.74 bits per heavy atom. The number of amides is 3. The lowest BCUT2D eigenvalue weighted by molar-refractivity contribution is -0.133. The van der Waals surface area contributed by atoms with Gasteiger partial charge in [-0.3, -0.25) is 14.4 Å². The van der Waals surface area contributed by atoms with Gasteiger partial charge in [0, 0.05) is 41.7 Å². The van der Waals surface area contributed by atoms with Gasteiger partial charge in [-0.25, -0.2) is 0 Å². The van der Waals surface area contributed by atoms with Crippen LogP contribution in [0.1, 0.15) is 66.3 Å². The van der Waals surface area contributed by atoms with E-state index in [4.69, 9.17) is 4.74 Å². The van der Waals surface area contributed by atoms with Crippen molar-refractivity contribution in [2.24, 2.45) is 5.92 Å². The molecule has 3 aliphatic heterocycles. The van der Waals surface area contributed by atoms with Crippen molar-refractivity contribution in [2.45, 2.75) is 63.8 Å². The highest BCUT2D eigenvalue weighted by Crippen LogP contribution is 2.46. The Bertz CT molecular complexity index is 1390. The Labute approximate surface area is 222 Å². The summed E-state index contributed by atoms with van der Waals surface area (Å²) in [4.78, 5) is 46.1. The molecule has 0 aliphatic carbocycles. The minimum absolute atomic E-state index is 0.0207. The number of rotatable bonds is 7. The summed E-state index contributed by atoms with van der Waals surface area (Å²) in [5.74, 6) is -0.736. The topological polar surface area (TPSA) is 104 Å². The molecular weight excluding hydrogens is 480 g/mol. The van der Waals surface area contributed by atoms with Gasteiger partial charge >= 0.3 is 0 Å². The number of benzene rings is 2. The summed E-state index contributed by atoms with van der Waals surface area (Å²) >= 11 is 0. The molecule has 4 heterocycles. The lowest BCUT2D eigenvalue weighted by atomic mass is 9.89. The molecule has 0 radical (unpaired) electrons. The van der Waals surface area contributed by atoms with Gasteiger partial charge in [-0.05, 0) is 42.0 Å². The fraction of sp³-hybridized carbons (Fsp3) is 0.433. The molecule has 3 N–H and O–H groups in total. The zero-order valence-corrected chi connectivity index (χ0v) is 21.8. The fourth-order valence-corrected chi connectivity index (χ4v) is 6.22.